The van der Waals surface area contributed by atoms with E-state index in [-0.39, 0.29) is 28.7 Å². The van der Waals surface area contributed by atoms with Crippen LogP contribution in [0.25, 0.3) is 11.8 Å². The van der Waals surface area contributed by atoms with Gasteiger partial charge in [-0.05, 0) is 78.1 Å². The largest absolute Gasteiger partial charge is 0.454 e. The van der Waals surface area contributed by atoms with E-state index in [2.05, 4.69) is 5.10 Å². The van der Waals surface area contributed by atoms with Crippen LogP contribution in [0.5, 0.6) is 11.5 Å². The van der Waals surface area contributed by atoms with Crippen molar-refractivity contribution in [2.24, 2.45) is 0 Å². The molecule has 6 rings (SSSR count). The Morgan fingerprint density at radius 1 is 1.07 bits per heavy atom. The molecule has 1 saturated heterocycles. The van der Waals surface area contributed by atoms with Crippen molar-refractivity contribution in [2.75, 3.05) is 32.0 Å². The van der Waals surface area contributed by atoms with E-state index < -0.39 is 21.7 Å². The third-order valence-electron chi connectivity index (χ3n) is 7.89. The van der Waals surface area contributed by atoms with Gasteiger partial charge in [0.25, 0.3) is 0 Å². The standard InChI is InChI=1S/C32H30F2N4O5S/c1-19-12-21-14-23(15-22(21)16-24(19)18-44(40,41)37-8-10-42-11-9-37)31(39)26-17-36-38(32(26)35)28-7-6-25(13-20(28)2)43-29-5-3-4-27(33)30(29)34/h3-7,12-14,16-17H,8-11,15,18,35H2,1-2H3. The molecule has 1 fully saturated rings. The Kier molecular flexibility index (Phi) is 7.82. The molecular formula is C32H30F2N4O5S. The monoisotopic (exact) mass is 620 g/mol. The van der Waals surface area contributed by atoms with Gasteiger partial charge in [-0.2, -0.15) is 13.8 Å². The third kappa shape index (κ3) is 5.63. The molecule has 2 N–H and O–H groups in total. The van der Waals surface area contributed by atoms with E-state index in [1.165, 1.54) is 27.3 Å². The van der Waals surface area contributed by atoms with Gasteiger partial charge < -0.3 is 15.2 Å². The summed E-state index contributed by atoms with van der Waals surface area (Å²) in [5.74, 6) is -2.28. The predicted molar refractivity (Wildman–Crippen MR) is 161 cm³/mol. The predicted octanol–water partition coefficient (Wildman–Crippen LogP) is 5.13. The first-order valence-corrected chi connectivity index (χ1v) is 15.6. The fourth-order valence-corrected chi connectivity index (χ4v) is 7.08. The number of fused-ring (bicyclic) bond motifs is 1. The van der Waals surface area contributed by atoms with E-state index in [1.54, 1.807) is 25.1 Å². The van der Waals surface area contributed by atoms with Gasteiger partial charge in [-0.1, -0.05) is 18.2 Å². The van der Waals surface area contributed by atoms with Gasteiger partial charge in [-0.3, -0.25) is 4.79 Å². The van der Waals surface area contributed by atoms with Crippen LogP contribution in [-0.4, -0.2) is 54.6 Å². The summed E-state index contributed by atoms with van der Waals surface area (Å²) in [4.78, 5) is 13.6. The van der Waals surface area contributed by atoms with Crippen molar-refractivity contribution in [3.63, 3.8) is 0 Å². The summed E-state index contributed by atoms with van der Waals surface area (Å²) in [5.41, 5.74) is 11.7. The minimum absolute atomic E-state index is 0.116. The summed E-state index contributed by atoms with van der Waals surface area (Å²) in [6.07, 6.45) is 3.56. The number of carbonyl (C=O) groups excluding carboxylic acids is 1. The van der Waals surface area contributed by atoms with Crippen LogP contribution in [0.1, 0.15) is 38.2 Å². The lowest BCUT2D eigenvalue weighted by atomic mass is 10.0. The molecule has 0 amide bonds. The number of nitrogen functional groups attached to an aromatic ring is 1. The van der Waals surface area contributed by atoms with Gasteiger partial charge in [-0.25, -0.2) is 17.5 Å². The zero-order chi connectivity index (χ0) is 31.2. The van der Waals surface area contributed by atoms with E-state index in [0.29, 0.717) is 60.9 Å². The van der Waals surface area contributed by atoms with Gasteiger partial charge in [0.1, 0.15) is 11.6 Å². The topological polar surface area (TPSA) is 117 Å². The Morgan fingerprint density at radius 2 is 1.84 bits per heavy atom. The quantitative estimate of drug-likeness (QED) is 0.272. The fraction of sp³-hybridized carbons (Fsp3) is 0.250. The highest BCUT2D eigenvalue weighted by molar-refractivity contribution is 7.88. The molecule has 12 heteroatoms. The summed E-state index contributed by atoms with van der Waals surface area (Å²) in [6, 6.07) is 12.4. The molecule has 44 heavy (non-hydrogen) atoms. The van der Waals surface area contributed by atoms with Crippen molar-refractivity contribution >= 4 is 27.7 Å². The first kappa shape index (κ1) is 29.7. The Balaban J connectivity index is 1.19. The minimum atomic E-state index is -3.50. The maximum Gasteiger partial charge on any atom is 0.218 e. The maximum absolute atomic E-state index is 14.1. The highest BCUT2D eigenvalue weighted by atomic mass is 32.2. The zero-order valence-corrected chi connectivity index (χ0v) is 25.0. The van der Waals surface area contributed by atoms with E-state index in [1.807, 2.05) is 25.1 Å². The average molecular weight is 621 g/mol. The van der Waals surface area contributed by atoms with Crippen molar-refractivity contribution in [1.82, 2.24) is 14.1 Å². The third-order valence-corrected chi connectivity index (χ3v) is 9.72. The van der Waals surface area contributed by atoms with Gasteiger partial charge in [0, 0.05) is 25.1 Å². The number of benzene rings is 3. The summed E-state index contributed by atoms with van der Waals surface area (Å²) < 4.78 is 67.4. The summed E-state index contributed by atoms with van der Waals surface area (Å²) in [5, 5.41) is 4.35. The van der Waals surface area contributed by atoms with Crippen LogP contribution >= 0.6 is 0 Å². The molecule has 1 aliphatic heterocycles. The number of anilines is 1. The smallest absolute Gasteiger partial charge is 0.218 e. The van der Waals surface area contributed by atoms with Crippen LogP contribution in [0.3, 0.4) is 0 Å². The number of ether oxygens (including phenoxy) is 2. The molecule has 1 aromatic heterocycles. The second-order valence-electron chi connectivity index (χ2n) is 10.9. The summed E-state index contributed by atoms with van der Waals surface area (Å²) in [7, 11) is -3.50. The van der Waals surface area contributed by atoms with Crippen LogP contribution in [-0.2, 0) is 26.9 Å². The number of Topliss-reactive ketones (excluding diaryl/α,β-unsaturated/α-hetero) is 1. The van der Waals surface area contributed by atoms with Crippen LogP contribution < -0.4 is 10.5 Å². The van der Waals surface area contributed by atoms with Crippen LogP contribution in [0.2, 0.25) is 0 Å². The SMILES string of the molecule is Cc1cc2c(cc1CS(=O)(=O)N1CCOCC1)CC(C(=O)c1cnn(-c3ccc(Oc4cccc(F)c4F)cc3C)c1N)=C2. The minimum Gasteiger partial charge on any atom is -0.454 e. The second-order valence-corrected chi connectivity index (χ2v) is 12.8. The molecule has 2 aliphatic rings. The molecular weight excluding hydrogens is 590 g/mol. The molecule has 0 atom stereocenters. The number of ketones is 1. The molecule has 0 saturated carbocycles. The molecule has 2 heterocycles. The summed E-state index contributed by atoms with van der Waals surface area (Å²) in [6.45, 7) is 5.10. The summed E-state index contributed by atoms with van der Waals surface area (Å²) >= 11 is 0. The number of aryl methyl sites for hydroxylation is 2. The number of nitrogens with two attached hydrogens (primary N) is 1. The highest BCUT2D eigenvalue weighted by Gasteiger charge is 2.28. The molecule has 0 bridgehead atoms. The van der Waals surface area contributed by atoms with Gasteiger partial charge in [-0.15, -0.1) is 0 Å². The van der Waals surface area contributed by atoms with Gasteiger partial charge >= 0.3 is 0 Å². The number of morpholine rings is 1. The molecule has 3 aromatic carbocycles. The lowest BCUT2D eigenvalue weighted by molar-refractivity contribution is 0.0729. The van der Waals surface area contributed by atoms with Gasteiger partial charge in [0.2, 0.25) is 15.8 Å². The molecule has 9 nitrogen and oxygen atoms in total. The van der Waals surface area contributed by atoms with Crippen LogP contribution in [0.4, 0.5) is 14.6 Å². The van der Waals surface area contributed by atoms with E-state index in [9.17, 15) is 22.0 Å². The molecule has 0 spiro atoms. The van der Waals surface area contributed by atoms with Crippen molar-refractivity contribution in [3.05, 3.63) is 105 Å². The molecule has 4 aromatic rings. The van der Waals surface area contributed by atoms with Crippen molar-refractivity contribution in [2.45, 2.75) is 26.0 Å². The molecule has 228 valence electrons. The number of hydrogen-bond donors (Lipinski definition) is 1. The number of nitrogens with zero attached hydrogens (tertiary/aromatic N) is 3. The number of allylic oxidation sites excluding steroid dienone is 1. The van der Waals surface area contributed by atoms with Crippen molar-refractivity contribution < 1.29 is 31.5 Å². The zero-order valence-electron chi connectivity index (χ0n) is 24.1. The lowest BCUT2D eigenvalue weighted by Crippen LogP contribution is -2.41. The van der Waals surface area contributed by atoms with Crippen LogP contribution in [0.15, 0.2) is 60.3 Å². The number of rotatable bonds is 8. The van der Waals surface area contributed by atoms with Crippen LogP contribution in [0, 0.1) is 25.5 Å². The Hall–Kier alpha value is -4.39. The fourth-order valence-electron chi connectivity index (χ4n) is 5.49. The van der Waals surface area contributed by atoms with Gasteiger partial charge in [0.05, 0.1) is 36.4 Å². The first-order chi connectivity index (χ1) is 21.0. The highest BCUT2D eigenvalue weighted by Crippen LogP contribution is 2.33. The number of halogens is 2. The lowest BCUT2D eigenvalue weighted by Gasteiger charge is -2.26. The second kappa shape index (κ2) is 11.6. The normalized spacial score (nSPS) is 15.2. The Morgan fingerprint density at radius 3 is 2.59 bits per heavy atom. The number of sulfonamides is 1. The number of hydrogen-bond acceptors (Lipinski definition) is 7. The molecule has 0 unspecified atom stereocenters. The molecule has 0 radical (unpaired) electrons. The Labute approximate surface area is 253 Å². The maximum atomic E-state index is 14.1. The Bertz CT molecular complexity index is 1930. The van der Waals surface area contributed by atoms with E-state index >= 15 is 0 Å². The van der Waals surface area contributed by atoms with Gasteiger partial charge in [0.15, 0.2) is 17.3 Å². The van der Waals surface area contributed by atoms with E-state index in [4.69, 9.17) is 15.2 Å². The average Bonchev–Trinajstić information content (AvgIpc) is 3.58. The molecule has 1 aliphatic carbocycles. The van der Waals surface area contributed by atoms with Crippen molar-refractivity contribution in [1.29, 1.82) is 0 Å². The number of carbonyl (C=O) groups is 1. The van der Waals surface area contributed by atoms with Crippen molar-refractivity contribution in [3.8, 4) is 17.2 Å². The number of aromatic nitrogens is 2. The van der Waals surface area contributed by atoms with E-state index in [0.717, 1.165) is 22.8 Å². The first-order valence-electron chi connectivity index (χ1n) is 14.0.